The average molecular weight is 210 g/mol. The minimum atomic E-state index is 0.359. The zero-order chi connectivity index (χ0) is 11.1. The summed E-state index contributed by atoms with van der Waals surface area (Å²) in [6.07, 6.45) is 4.04. The van der Waals surface area contributed by atoms with Gasteiger partial charge in [0, 0.05) is 18.1 Å². The molecule has 0 bridgehead atoms. The van der Waals surface area contributed by atoms with Crippen molar-refractivity contribution < 1.29 is 0 Å². The molecular weight excluding hydrogens is 184 g/mol. The van der Waals surface area contributed by atoms with Gasteiger partial charge in [-0.25, -0.2) is 0 Å². The Balaban J connectivity index is 1.87. The van der Waals surface area contributed by atoms with Gasteiger partial charge in [0.15, 0.2) is 0 Å². The molecule has 2 heteroatoms. The molecule has 1 atom stereocenters. The smallest absolute Gasteiger partial charge is 0.0238 e. The standard InChI is InChI=1S/C13H26N2/c1-12(2)5-7-15(8-6-12)11-9-13(3,4)14-10-11/h11,14H,5-10H2,1-4H3. The quantitative estimate of drug-likeness (QED) is 0.714. The molecule has 2 heterocycles. The van der Waals surface area contributed by atoms with E-state index in [4.69, 9.17) is 0 Å². The summed E-state index contributed by atoms with van der Waals surface area (Å²) in [5.41, 5.74) is 0.940. The molecule has 2 aliphatic rings. The molecule has 0 aromatic heterocycles. The molecule has 15 heavy (non-hydrogen) atoms. The van der Waals surface area contributed by atoms with Crippen LogP contribution in [0.2, 0.25) is 0 Å². The van der Waals surface area contributed by atoms with E-state index in [2.05, 4.69) is 37.9 Å². The molecule has 2 aliphatic heterocycles. The number of nitrogens with one attached hydrogen (secondary N) is 1. The average Bonchev–Trinajstić information content (AvgIpc) is 2.46. The van der Waals surface area contributed by atoms with E-state index >= 15 is 0 Å². The highest BCUT2D eigenvalue weighted by molar-refractivity contribution is 4.95. The monoisotopic (exact) mass is 210 g/mol. The van der Waals surface area contributed by atoms with Crippen molar-refractivity contribution >= 4 is 0 Å². The van der Waals surface area contributed by atoms with Crippen LogP contribution in [-0.4, -0.2) is 36.1 Å². The minimum Gasteiger partial charge on any atom is -0.310 e. The van der Waals surface area contributed by atoms with E-state index in [1.807, 2.05) is 0 Å². The molecule has 2 nitrogen and oxygen atoms in total. The number of nitrogens with zero attached hydrogens (tertiary/aromatic N) is 1. The van der Waals surface area contributed by atoms with E-state index in [9.17, 15) is 0 Å². The van der Waals surface area contributed by atoms with Crippen molar-refractivity contribution in [1.29, 1.82) is 0 Å². The van der Waals surface area contributed by atoms with E-state index in [-0.39, 0.29) is 0 Å². The van der Waals surface area contributed by atoms with Crippen LogP contribution >= 0.6 is 0 Å². The van der Waals surface area contributed by atoms with Gasteiger partial charge in [-0.3, -0.25) is 4.90 Å². The van der Waals surface area contributed by atoms with Crippen molar-refractivity contribution in [2.24, 2.45) is 5.41 Å². The zero-order valence-corrected chi connectivity index (χ0v) is 10.8. The van der Waals surface area contributed by atoms with Gasteiger partial charge in [0.1, 0.15) is 0 Å². The molecule has 0 saturated carbocycles. The van der Waals surface area contributed by atoms with Gasteiger partial charge in [-0.15, -0.1) is 0 Å². The van der Waals surface area contributed by atoms with Crippen LogP contribution in [-0.2, 0) is 0 Å². The molecular formula is C13H26N2. The summed E-state index contributed by atoms with van der Waals surface area (Å²) in [7, 11) is 0. The molecule has 2 fully saturated rings. The first-order valence-corrected chi connectivity index (χ1v) is 6.37. The second kappa shape index (κ2) is 3.74. The highest BCUT2D eigenvalue weighted by Crippen LogP contribution is 2.32. The lowest BCUT2D eigenvalue weighted by molar-refractivity contribution is 0.0984. The maximum atomic E-state index is 3.62. The largest absolute Gasteiger partial charge is 0.310 e. The van der Waals surface area contributed by atoms with E-state index in [1.54, 1.807) is 0 Å². The molecule has 0 aliphatic carbocycles. The fourth-order valence-corrected chi connectivity index (χ4v) is 2.88. The Hall–Kier alpha value is -0.0800. The number of likely N-dealkylation sites (tertiary alicyclic amines) is 1. The maximum Gasteiger partial charge on any atom is 0.0238 e. The third-order valence-corrected chi connectivity index (χ3v) is 4.23. The van der Waals surface area contributed by atoms with Crippen molar-refractivity contribution in [3.05, 3.63) is 0 Å². The first-order valence-electron chi connectivity index (χ1n) is 6.37. The normalized spacial score (nSPS) is 35.6. The Bertz CT molecular complexity index is 223. The van der Waals surface area contributed by atoms with E-state index in [0.717, 1.165) is 6.04 Å². The topological polar surface area (TPSA) is 15.3 Å². The fourth-order valence-electron chi connectivity index (χ4n) is 2.88. The van der Waals surface area contributed by atoms with Crippen LogP contribution in [0.25, 0.3) is 0 Å². The van der Waals surface area contributed by atoms with Gasteiger partial charge in [0.05, 0.1) is 0 Å². The van der Waals surface area contributed by atoms with Crippen molar-refractivity contribution in [2.45, 2.75) is 58.5 Å². The second-order valence-corrected chi connectivity index (χ2v) is 6.82. The first-order chi connectivity index (χ1) is 6.88. The Morgan fingerprint density at radius 1 is 1.07 bits per heavy atom. The predicted molar refractivity (Wildman–Crippen MR) is 65.1 cm³/mol. The van der Waals surface area contributed by atoms with E-state index in [0.29, 0.717) is 11.0 Å². The molecule has 2 rings (SSSR count). The number of piperidine rings is 1. The van der Waals surface area contributed by atoms with Crippen LogP contribution in [0.1, 0.15) is 47.0 Å². The Morgan fingerprint density at radius 2 is 1.67 bits per heavy atom. The van der Waals surface area contributed by atoms with Gasteiger partial charge < -0.3 is 5.32 Å². The van der Waals surface area contributed by atoms with Crippen LogP contribution in [0.15, 0.2) is 0 Å². The highest BCUT2D eigenvalue weighted by Gasteiger charge is 2.36. The van der Waals surface area contributed by atoms with Crippen molar-refractivity contribution in [3.8, 4) is 0 Å². The summed E-state index contributed by atoms with van der Waals surface area (Å²) in [5.74, 6) is 0. The van der Waals surface area contributed by atoms with Crippen LogP contribution in [0.5, 0.6) is 0 Å². The summed E-state index contributed by atoms with van der Waals surface area (Å²) < 4.78 is 0. The van der Waals surface area contributed by atoms with Crippen molar-refractivity contribution in [3.63, 3.8) is 0 Å². The van der Waals surface area contributed by atoms with Gasteiger partial charge in [-0.2, -0.15) is 0 Å². The lowest BCUT2D eigenvalue weighted by atomic mass is 9.82. The number of hydrogen-bond acceptors (Lipinski definition) is 2. The maximum absolute atomic E-state index is 3.62. The minimum absolute atomic E-state index is 0.359. The van der Waals surface area contributed by atoms with Gasteiger partial charge in [-0.1, -0.05) is 13.8 Å². The molecule has 1 unspecified atom stereocenters. The molecule has 1 N–H and O–H groups in total. The summed E-state index contributed by atoms with van der Waals surface area (Å²) in [6.45, 7) is 13.2. The van der Waals surface area contributed by atoms with Gasteiger partial charge >= 0.3 is 0 Å². The number of hydrogen-bond donors (Lipinski definition) is 1. The number of rotatable bonds is 1. The lowest BCUT2D eigenvalue weighted by Crippen LogP contribution is -2.44. The van der Waals surface area contributed by atoms with Crippen molar-refractivity contribution in [2.75, 3.05) is 19.6 Å². The van der Waals surface area contributed by atoms with Crippen LogP contribution in [0, 0.1) is 5.41 Å². The summed E-state index contributed by atoms with van der Waals surface area (Å²) in [6, 6.07) is 0.788. The molecule has 2 saturated heterocycles. The van der Waals surface area contributed by atoms with Gasteiger partial charge in [0.25, 0.3) is 0 Å². The molecule has 0 aromatic rings. The van der Waals surface area contributed by atoms with Gasteiger partial charge in [-0.05, 0) is 51.6 Å². The Kier molecular flexibility index (Phi) is 2.85. The Labute approximate surface area is 94.4 Å². The van der Waals surface area contributed by atoms with Crippen LogP contribution < -0.4 is 5.32 Å². The van der Waals surface area contributed by atoms with Crippen LogP contribution in [0.4, 0.5) is 0 Å². The highest BCUT2D eigenvalue weighted by atomic mass is 15.2. The molecule has 0 amide bonds. The van der Waals surface area contributed by atoms with Gasteiger partial charge in [0.2, 0.25) is 0 Å². The SMILES string of the molecule is CC1(C)CCN(C2CNC(C)(C)C2)CC1. The Morgan fingerprint density at radius 3 is 2.13 bits per heavy atom. The molecule has 0 radical (unpaired) electrons. The first kappa shape index (κ1) is 11.4. The van der Waals surface area contributed by atoms with Crippen molar-refractivity contribution in [1.82, 2.24) is 10.2 Å². The second-order valence-electron chi connectivity index (χ2n) is 6.82. The third kappa shape index (κ3) is 2.73. The third-order valence-electron chi connectivity index (χ3n) is 4.23. The van der Waals surface area contributed by atoms with Crippen LogP contribution in [0.3, 0.4) is 0 Å². The zero-order valence-electron chi connectivity index (χ0n) is 10.8. The fraction of sp³-hybridized carbons (Fsp3) is 1.00. The predicted octanol–water partition coefficient (Wildman–Crippen LogP) is 2.25. The summed E-state index contributed by atoms with van der Waals surface area (Å²) in [5, 5.41) is 3.62. The van der Waals surface area contributed by atoms with E-state index < -0.39 is 0 Å². The lowest BCUT2D eigenvalue weighted by Gasteiger charge is -2.40. The summed E-state index contributed by atoms with van der Waals surface area (Å²) >= 11 is 0. The summed E-state index contributed by atoms with van der Waals surface area (Å²) in [4.78, 5) is 2.70. The molecule has 88 valence electrons. The molecule has 0 aromatic carbocycles. The molecule has 0 spiro atoms. The van der Waals surface area contributed by atoms with E-state index in [1.165, 1.54) is 38.9 Å².